The summed E-state index contributed by atoms with van der Waals surface area (Å²) in [6, 6.07) is 4.10. The van der Waals surface area contributed by atoms with E-state index in [2.05, 4.69) is 38.4 Å². The Labute approximate surface area is 121 Å². The van der Waals surface area contributed by atoms with E-state index in [-0.39, 0.29) is 5.41 Å². The summed E-state index contributed by atoms with van der Waals surface area (Å²) in [7, 11) is 3.34. The van der Waals surface area contributed by atoms with E-state index in [4.69, 9.17) is 9.47 Å². The average Bonchev–Trinajstić information content (AvgIpc) is 2.36. The van der Waals surface area contributed by atoms with Gasteiger partial charge in [0, 0.05) is 18.0 Å². The summed E-state index contributed by atoms with van der Waals surface area (Å²) in [6.45, 7) is 8.50. The summed E-state index contributed by atoms with van der Waals surface area (Å²) in [5, 5.41) is 3.50. The maximum atomic E-state index is 5.36. The van der Waals surface area contributed by atoms with Crippen molar-refractivity contribution in [3.05, 3.63) is 17.7 Å². The standard InChI is InChI=1S/C15H25NO2S/c1-15(2,3)10-16-9-11-7-12(17-4)13(18-5)8-14(11)19-6/h7-8,16H,9-10H2,1-6H3. The van der Waals surface area contributed by atoms with Crippen LogP contribution in [-0.4, -0.2) is 27.0 Å². The second kappa shape index (κ2) is 7.06. The molecular formula is C15H25NO2S. The first-order valence-corrected chi connectivity index (χ1v) is 7.63. The van der Waals surface area contributed by atoms with Gasteiger partial charge in [-0.3, -0.25) is 0 Å². The third kappa shape index (κ3) is 4.96. The molecule has 0 bridgehead atoms. The molecule has 0 saturated heterocycles. The number of benzene rings is 1. The Kier molecular flexibility index (Phi) is 6.01. The lowest BCUT2D eigenvalue weighted by Crippen LogP contribution is -2.26. The van der Waals surface area contributed by atoms with E-state index >= 15 is 0 Å². The molecule has 0 aliphatic rings. The van der Waals surface area contributed by atoms with Gasteiger partial charge in [0.1, 0.15) is 0 Å². The molecule has 3 nitrogen and oxygen atoms in total. The smallest absolute Gasteiger partial charge is 0.161 e. The normalized spacial score (nSPS) is 11.5. The van der Waals surface area contributed by atoms with Gasteiger partial charge in [0.15, 0.2) is 11.5 Å². The van der Waals surface area contributed by atoms with Crippen molar-refractivity contribution < 1.29 is 9.47 Å². The Morgan fingerprint density at radius 3 is 2.16 bits per heavy atom. The average molecular weight is 283 g/mol. The summed E-state index contributed by atoms with van der Waals surface area (Å²) in [4.78, 5) is 1.22. The van der Waals surface area contributed by atoms with Crippen molar-refractivity contribution in [3.63, 3.8) is 0 Å². The van der Waals surface area contributed by atoms with Crippen molar-refractivity contribution in [1.29, 1.82) is 0 Å². The Morgan fingerprint density at radius 2 is 1.68 bits per heavy atom. The fourth-order valence-corrected chi connectivity index (χ4v) is 2.42. The summed E-state index contributed by atoms with van der Waals surface area (Å²) >= 11 is 1.73. The van der Waals surface area contributed by atoms with Gasteiger partial charge in [0.25, 0.3) is 0 Å². The van der Waals surface area contributed by atoms with E-state index in [1.165, 1.54) is 10.5 Å². The first kappa shape index (κ1) is 16.2. The molecule has 0 heterocycles. The number of hydrogen-bond donors (Lipinski definition) is 1. The van der Waals surface area contributed by atoms with E-state index in [9.17, 15) is 0 Å². The van der Waals surface area contributed by atoms with E-state index in [0.717, 1.165) is 24.6 Å². The number of nitrogens with one attached hydrogen (secondary N) is 1. The first-order chi connectivity index (χ1) is 8.91. The Hall–Kier alpha value is -0.870. The Morgan fingerprint density at radius 1 is 1.11 bits per heavy atom. The molecule has 0 amide bonds. The zero-order chi connectivity index (χ0) is 14.5. The van der Waals surface area contributed by atoms with Crippen LogP contribution >= 0.6 is 11.8 Å². The summed E-state index contributed by atoms with van der Waals surface area (Å²) in [6.07, 6.45) is 2.08. The maximum absolute atomic E-state index is 5.36. The number of rotatable bonds is 6. The molecule has 1 rings (SSSR count). The quantitative estimate of drug-likeness (QED) is 0.809. The van der Waals surface area contributed by atoms with Crippen molar-refractivity contribution in [2.75, 3.05) is 27.0 Å². The molecular weight excluding hydrogens is 258 g/mol. The molecule has 1 aromatic carbocycles. The second-order valence-electron chi connectivity index (χ2n) is 5.68. The van der Waals surface area contributed by atoms with Crippen LogP contribution in [0, 0.1) is 5.41 Å². The Bertz CT molecular complexity index is 413. The van der Waals surface area contributed by atoms with Crippen molar-refractivity contribution in [2.45, 2.75) is 32.2 Å². The van der Waals surface area contributed by atoms with Gasteiger partial charge in [-0.15, -0.1) is 11.8 Å². The van der Waals surface area contributed by atoms with Crippen LogP contribution in [0.3, 0.4) is 0 Å². The lowest BCUT2D eigenvalue weighted by Gasteiger charge is -2.20. The van der Waals surface area contributed by atoms with Gasteiger partial charge in [-0.2, -0.15) is 0 Å². The molecule has 108 valence electrons. The van der Waals surface area contributed by atoms with E-state index < -0.39 is 0 Å². The highest BCUT2D eigenvalue weighted by molar-refractivity contribution is 7.98. The minimum atomic E-state index is 0.288. The lowest BCUT2D eigenvalue weighted by atomic mass is 9.97. The van der Waals surface area contributed by atoms with E-state index in [0.29, 0.717) is 0 Å². The molecule has 1 N–H and O–H groups in total. The van der Waals surface area contributed by atoms with Crippen LogP contribution < -0.4 is 14.8 Å². The molecule has 0 atom stereocenters. The first-order valence-electron chi connectivity index (χ1n) is 6.41. The number of ether oxygens (including phenoxy) is 2. The van der Waals surface area contributed by atoms with Crippen LogP contribution in [0.25, 0.3) is 0 Å². The van der Waals surface area contributed by atoms with Gasteiger partial charge < -0.3 is 14.8 Å². The van der Waals surface area contributed by atoms with Gasteiger partial charge in [0.2, 0.25) is 0 Å². The van der Waals surface area contributed by atoms with Crippen molar-refractivity contribution in [3.8, 4) is 11.5 Å². The highest BCUT2D eigenvalue weighted by atomic mass is 32.2. The molecule has 0 aromatic heterocycles. The van der Waals surface area contributed by atoms with E-state index in [1.807, 2.05) is 6.07 Å². The van der Waals surface area contributed by atoms with Gasteiger partial charge in [0.05, 0.1) is 14.2 Å². The molecule has 0 radical (unpaired) electrons. The molecule has 0 unspecified atom stereocenters. The third-order valence-electron chi connectivity index (χ3n) is 2.76. The second-order valence-corrected chi connectivity index (χ2v) is 6.53. The zero-order valence-corrected chi connectivity index (χ0v) is 13.6. The van der Waals surface area contributed by atoms with Gasteiger partial charge >= 0.3 is 0 Å². The fraction of sp³-hybridized carbons (Fsp3) is 0.600. The van der Waals surface area contributed by atoms with E-state index in [1.54, 1.807) is 26.0 Å². The number of thioether (sulfide) groups is 1. The van der Waals surface area contributed by atoms with Crippen LogP contribution in [0.5, 0.6) is 11.5 Å². The largest absolute Gasteiger partial charge is 0.493 e. The Balaban J connectivity index is 2.86. The van der Waals surface area contributed by atoms with Crippen LogP contribution in [0.4, 0.5) is 0 Å². The van der Waals surface area contributed by atoms with Gasteiger partial charge in [-0.05, 0) is 29.4 Å². The van der Waals surface area contributed by atoms with Crippen molar-refractivity contribution >= 4 is 11.8 Å². The van der Waals surface area contributed by atoms with Crippen LogP contribution in [0.2, 0.25) is 0 Å². The molecule has 4 heteroatoms. The predicted molar refractivity (Wildman–Crippen MR) is 82.5 cm³/mol. The molecule has 1 aromatic rings. The number of hydrogen-bond acceptors (Lipinski definition) is 4. The summed E-state index contributed by atoms with van der Waals surface area (Å²) < 4.78 is 10.7. The molecule has 0 spiro atoms. The predicted octanol–water partition coefficient (Wildman–Crippen LogP) is 3.56. The molecule has 0 fully saturated rings. The molecule has 0 saturated carbocycles. The minimum Gasteiger partial charge on any atom is -0.493 e. The highest BCUT2D eigenvalue weighted by Gasteiger charge is 2.13. The highest BCUT2D eigenvalue weighted by Crippen LogP contribution is 2.34. The van der Waals surface area contributed by atoms with Crippen molar-refractivity contribution in [2.24, 2.45) is 5.41 Å². The molecule has 19 heavy (non-hydrogen) atoms. The van der Waals surface area contributed by atoms with Crippen LogP contribution in [0.1, 0.15) is 26.3 Å². The molecule has 0 aliphatic carbocycles. The van der Waals surface area contributed by atoms with Gasteiger partial charge in [-0.1, -0.05) is 20.8 Å². The SMILES string of the molecule is COc1cc(CNCC(C)(C)C)c(SC)cc1OC. The maximum Gasteiger partial charge on any atom is 0.161 e. The topological polar surface area (TPSA) is 30.5 Å². The third-order valence-corrected chi connectivity index (χ3v) is 3.58. The summed E-state index contributed by atoms with van der Waals surface area (Å²) in [5.41, 5.74) is 1.53. The number of methoxy groups -OCH3 is 2. The minimum absolute atomic E-state index is 0.288. The summed E-state index contributed by atoms with van der Waals surface area (Å²) in [5.74, 6) is 1.57. The molecule has 0 aliphatic heterocycles. The van der Waals surface area contributed by atoms with Gasteiger partial charge in [-0.25, -0.2) is 0 Å². The monoisotopic (exact) mass is 283 g/mol. The van der Waals surface area contributed by atoms with Crippen LogP contribution in [0.15, 0.2) is 17.0 Å². The lowest BCUT2D eigenvalue weighted by molar-refractivity contribution is 0.352. The fourth-order valence-electron chi connectivity index (χ4n) is 1.80. The zero-order valence-electron chi connectivity index (χ0n) is 12.8. The van der Waals surface area contributed by atoms with Crippen LogP contribution in [-0.2, 0) is 6.54 Å². The van der Waals surface area contributed by atoms with Crippen molar-refractivity contribution in [1.82, 2.24) is 5.32 Å².